The van der Waals surface area contributed by atoms with Gasteiger partial charge in [-0.3, -0.25) is 4.57 Å². The van der Waals surface area contributed by atoms with Crippen LogP contribution in [0, 0.1) is 17.5 Å². The highest BCUT2D eigenvalue weighted by Crippen LogP contribution is 2.54. The molecule has 0 atom stereocenters. The molecule has 0 radical (unpaired) electrons. The first-order chi connectivity index (χ1) is 40.2. The molecule has 0 spiro atoms. The predicted molar refractivity (Wildman–Crippen MR) is 344 cm³/mol. The summed E-state index contributed by atoms with van der Waals surface area (Å²) in [6.45, 7) is 24.5. The molecule has 8 heteroatoms. The lowest BCUT2D eigenvalue weighted by molar-refractivity contribution is 0.483. The second-order valence-corrected chi connectivity index (χ2v) is 25.5. The fourth-order valence-electron chi connectivity index (χ4n) is 12.2. The molecule has 84 heavy (non-hydrogen) atoms. The van der Waals surface area contributed by atoms with Crippen LogP contribution in [0.15, 0.2) is 194 Å². The van der Waals surface area contributed by atoms with Gasteiger partial charge in [-0.05, 0) is 151 Å². The van der Waals surface area contributed by atoms with E-state index in [0.717, 1.165) is 114 Å². The van der Waals surface area contributed by atoms with Crippen LogP contribution in [-0.2, 0) is 29.1 Å². The van der Waals surface area contributed by atoms with Gasteiger partial charge in [-0.1, -0.05) is 173 Å². The third kappa shape index (κ3) is 10.3. The van der Waals surface area contributed by atoms with Crippen LogP contribution >= 0.6 is 0 Å². The summed E-state index contributed by atoms with van der Waals surface area (Å²) in [6.07, 6.45) is 3.54. The molecule has 0 bridgehead atoms. The van der Waals surface area contributed by atoms with E-state index in [1.807, 2.05) is 60.8 Å². The summed E-state index contributed by atoms with van der Waals surface area (Å²) in [4.78, 5) is 9.40. The molecule has 11 aromatic rings. The van der Waals surface area contributed by atoms with Gasteiger partial charge >= 0.3 is 0 Å². The number of aryl methyl sites for hydroxylation is 2. The second kappa shape index (κ2) is 21.4. The minimum Gasteiger partial charge on any atom is -0.457 e. The molecule has 12 rings (SSSR count). The summed E-state index contributed by atoms with van der Waals surface area (Å²) in [5.74, 6) is -0.835. The number of ether oxygens (including phenoxy) is 1. The Labute approximate surface area is 492 Å². The van der Waals surface area contributed by atoms with Gasteiger partial charge < -0.3 is 14.5 Å². The van der Waals surface area contributed by atoms with E-state index in [1.165, 1.54) is 16.7 Å². The summed E-state index contributed by atoms with van der Waals surface area (Å²) < 4.78 is 58.4. The van der Waals surface area contributed by atoms with E-state index in [9.17, 15) is 0 Å². The maximum absolute atomic E-state index is 16.9. The molecular weight excluding hydrogens is 1040 g/mol. The van der Waals surface area contributed by atoms with Crippen molar-refractivity contribution >= 4 is 44.6 Å². The minimum atomic E-state index is -0.989. The number of halogens is 3. The van der Waals surface area contributed by atoms with Crippen molar-refractivity contribution < 1.29 is 17.9 Å². The first-order valence-corrected chi connectivity index (χ1v) is 29.3. The van der Waals surface area contributed by atoms with Crippen LogP contribution in [0.2, 0.25) is 0 Å². The van der Waals surface area contributed by atoms with Gasteiger partial charge in [-0.15, -0.1) is 0 Å². The van der Waals surface area contributed by atoms with Crippen molar-refractivity contribution in [1.82, 2.24) is 9.55 Å². The van der Waals surface area contributed by atoms with Crippen LogP contribution < -0.4 is 14.5 Å². The molecule has 1 aliphatic heterocycles. The minimum absolute atomic E-state index is 0.0847. The van der Waals surface area contributed by atoms with E-state index in [2.05, 4.69) is 212 Å². The van der Waals surface area contributed by atoms with Gasteiger partial charge in [-0.25, -0.2) is 18.2 Å². The molecule has 422 valence electrons. The fourth-order valence-corrected chi connectivity index (χ4v) is 12.2. The Bertz CT molecular complexity index is 4270. The Hall–Kier alpha value is -8.88. The van der Waals surface area contributed by atoms with Gasteiger partial charge in [0.15, 0.2) is 0 Å². The van der Waals surface area contributed by atoms with E-state index in [-0.39, 0.29) is 28.5 Å². The van der Waals surface area contributed by atoms with Crippen LogP contribution in [0.25, 0.3) is 72.1 Å². The van der Waals surface area contributed by atoms with Crippen molar-refractivity contribution in [2.45, 2.75) is 105 Å². The predicted octanol–water partition coefficient (Wildman–Crippen LogP) is 21.3. The number of hydrogen-bond acceptors (Lipinski definition) is 4. The molecule has 3 heterocycles. The zero-order valence-corrected chi connectivity index (χ0v) is 49.9. The Morgan fingerprint density at radius 3 is 1.71 bits per heavy atom. The first kappa shape index (κ1) is 55.6. The van der Waals surface area contributed by atoms with Crippen molar-refractivity contribution in [3.8, 4) is 61.8 Å². The lowest BCUT2D eigenvalue weighted by Crippen LogP contribution is -2.25. The molecule has 0 N–H and O–H groups in total. The summed E-state index contributed by atoms with van der Waals surface area (Å²) >= 11 is 0. The largest absolute Gasteiger partial charge is 0.457 e. The summed E-state index contributed by atoms with van der Waals surface area (Å²) in [7, 11) is 0. The number of aromatic nitrogens is 2. The topological polar surface area (TPSA) is 33.5 Å². The highest BCUT2D eigenvalue weighted by atomic mass is 19.1. The van der Waals surface area contributed by atoms with Gasteiger partial charge in [0.1, 0.15) is 41.4 Å². The number of benzene rings is 9. The molecule has 0 fully saturated rings. The molecule has 2 aromatic heterocycles. The first-order valence-electron chi connectivity index (χ1n) is 29.3. The molecule has 9 aromatic carbocycles. The lowest BCUT2D eigenvalue weighted by atomic mass is 9.78. The summed E-state index contributed by atoms with van der Waals surface area (Å²) in [5.41, 5.74) is 16.0. The van der Waals surface area contributed by atoms with E-state index in [4.69, 9.17) is 9.72 Å². The number of hydrogen-bond donors (Lipinski definition) is 0. The van der Waals surface area contributed by atoms with Crippen molar-refractivity contribution in [3.63, 3.8) is 0 Å². The van der Waals surface area contributed by atoms with Crippen LogP contribution in [0.4, 0.5) is 35.9 Å². The number of para-hydroxylation sites is 3. The zero-order valence-electron chi connectivity index (χ0n) is 49.9. The van der Waals surface area contributed by atoms with Gasteiger partial charge in [0.2, 0.25) is 0 Å². The second-order valence-electron chi connectivity index (χ2n) is 25.5. The standard InChI is InChI=1S/C76H71F3N4O/c1-12-47-24-21-25-48(13-2)71(47)52-36-57(44-59(37-52)84-58-30-31-61-60-26-17-18-27-66(60)83(69(61)45-58)70-41-53(32-33-80-70)74(3,4)5)81-46-82(68-29-20-19-28-67(68)81)73-62(51-34-54(75(6,7)8)40-55(35-51)76(9,10)11)38-50(49-22-15-14-16-23-49)39-63(73)72-64(78)42-56(77)43-65(72)79/h14-45H,12-13,46H2,1-11H3. The monoisotopic (exact) mass is 1110 g/mol. The Kier molecular flexibility index (Phi) is 14.2. The molecule has 0 amide bonds. The van der Waals surface area contributed by atoms with Crippen LogP contribution in [-0.4, -0.2) is 16.2 Å². The van der Waals surface area contributed by atoms with Gasteiger partial charge in [0, 0.05) is 58.0 Å². The van der Waals surface area contributed by atoms with Crippen molar-refractivity contribution in [2.24, 2.45) is 0 Å². The molecule has 0 saturated carbocycles. The quantitative estimate of drug-likeness (QED) is 0.129. The highest BCUT2D eigenvalue weighted by Gasteiger charge is 2.35. The summed E-state index contributed by atoms with van der Waals surface area (Å²) in [6, 6.07) is 62.5. The number of rotatable bonds is 11. The Balaban J connectivity index is 1.08. The Morgan fingerprint density at radius 1 is 0.452 bits per heavy atom. The van der Waals surface area contributed by atoms with E-state index < -0.39 is 17.5 Å². The maximum Gasteiger partial charge on any atom is 0.137 e. The van der Waals surface area contributed by atoms with Gasteiger partial charge in [0.05, 0.1) is 33.7 Å². The number of nitrogens with zero attached hydrogens (tertiary/aromatic N) is 4. The number of fused-ring (bicyclic) bond motifs is 4. The number of anilines is 4. The number of pyridine rings is 1. The molecule has 0 saturated heterocycles. The van der Waals surface area contributed by atoms with Gasteiger partial charge in [-0.2, -0.15) is 0 Å². The maximum atomic E-state index is 16.9. The zero-order chi connectivity index (χ0) is 59.0. The van der Waals surface area contributed by atoms with Crippen LogP contribution in [0.5, 0.6) is 11.5 Å². The molecular formula is C76H71F3N4O. The van der Waals surface area contributed by atoms with E-state index in [1.54, 1.807) is 0 Å². The van der Waals surface area contributed by atoms with Crippen molar-refractivity contribution in [2.75, 3.05) is 16.5 Å². The summed E-state index contributed by atoms with van der Waals surface area (Å²) in [5, 5.41) is 2.21. The molecule has 1 aliphatic rings. The average Bonchev–Trinajstić information content (AvgIpc) is 1.62. The molecule has 0 unspecified atom stereocenters. The van der Waals surface area contributed by atoms with Crippen LogP contribution in [0.3, 0.4) is 0 Å². The SMILES string of the molecule is CCc1cccc(CC)c1-c1cc(Oc2ccc3c4ccccc4n(-c4cc(C(C)(C)C)ccn4)c3c2)cc(N2CN(c3c(-c4cc(C(C)(C)C)cc(C(C)(C)C)c4)cc(-c4ccccc4)cc3-c3c(F)cc(F)cc3F)c3ccccc32)c1. The lowest BCUT2D eigenvalue weighted by Gasteiger charge is -2.30. The Morgan fingerprint density at radius 2 is 1.06 bits per heavy atom. The highest BCUT2D eigenvalue weighted by molar-refractivity contribution is 6.09. The normalized spacial score (nSPS) is 12.9. The van der Waals surface area contributed by atoms with Gasteiger partial charge in [0.25, 0.3) is 0 Å². The fraction of sp³-hybridized carbons (Fsp3) is 0.224. The van der Waals surface area contributed by atoms with E-state index >= 15 is 13.2 Å². The molecule has 5 nitrogen and oxygen atoms in total. The third-order valence-electron chi connectivity index (χ3n) is 16.7. The third-order valence-corrected chi connectivity index (χ3v) is 16.7. The van der Waals surface area contributed by atoms with E-state index in [0.29, 0.717) is 22.7 Å². The average molecular weight is 1110 g/mol. The van der Waals surface area contributed by atoms with Crippen molar-refractivity contribution in [1.29, 1.82) is 0 Å². The molecule has 0 aliphatic carbocycles. The van der Waals surface area contributed by atoms with Crippen molar-refractivity contribution in [3.05, 3.63) is 240 Å². The smallest absolute Gasteiger partial charge is 0.137 e. The van der Waals surface area contributed by atoms with Crippen LogP contribution in [0.1, 0.15) is 104 Å².